The lowest BCUT2D eigenvalue weighted by atomic mass is 10.00. The third-order valence-electron chi connectivity index (χ3n) is 4.54. The van der Waals surface area contributed by atoms with E-state index in [9.17, 15) is 9.18 Å². The van der Waals surface area contributed by atoms with Crippen molar-refractivity contribution in [2.75, 3.05) is 25.0 Å². The number of rotatable bonds is 3. The van der Waals surface area contributed by atoms with Crippen molar-refractivity contribution in [2.24, 2.45) is 0 Å². The summed E-state index contributed by atoms with van der Waals surface area (Å²) in [6, 6.07) is 13.2. The van der Waals surface area contributed by atoms with Crippen LogP contribution in [0.4, 0.5) is 9.52 Å². The molecule has 1 amide bonds. The van der Waals surface area contributed by atoms with Crippen molar-refractivity contribution in [3.05, 3.63) is 59.4 Å². The van der Waals surface area contributed by atoms with Crippen LogP contribution in [0.2, 0.25) is 0 Å². The Hall–Kier alpha value is -2.47. The van der Waals surface area contributed by atoms with Gasteiger partial charge in [0.25, 0.3) is 0 Å². The molecule has 0 spiro atoms. The SMILES string of the molecule is CN(CC(=O)N1CCc2ccccc2C1)c1nc2c(F)cccc2s1. The first-order valence-electron chi connectivity index (χ1n) is 8.22. The molecule has 0 aliphatic carbocycles. The molecule has 1 aliphatic heterocycles. The van der Waals surface area contributed by atoms with E-state index in [1.54, 1.807) is 11.0 Å². The Balaban J connectivity index is 1.48. The molecule has 0 N–H and O–H groups in total. The van der Waals surface area contributed by atoms with Crippen LogP contribution in [0.15, 0.2) is 42.5 Å². The molecular weight excluding hydrogens is 337 g/mol. The molecule has 4 nitrogen and oxygen atoms in total. The molecule has 1 aromatic heterocycles. The van der Waals surface area contributed by atoms with Crippen molar-refractivity contribution in [1.82, 2.24) is 9.88 Å². The lowest BCUT2D eigenvalue weighted by molar-refractivity contribution is -0.130. The summed E-state index contributed by atoms with van der Waals surface area (Å²) in [5.41, 5.74) is 2.90. The maximum Gasteiger partial charge on any atom is 0.242 e. The van der Waals surface area contributed by atoms with Crippen molar-refractivity contribution < 1.29 is 9.18 Å². The molecule has 3 aromatic rings. The number of carbonyl (C=O) groups is 1. The minimum atomic E-state index is -0.327. The number of nitrogens with zero attached hydrogens (tertiary/aromatic N) is 3. The average molecular weight is 355 g/mol. The zero-order valence-electron chi connectivity index (χ0n) is 13.9. The van der Waals surface area contributed by atoms with Crippen LogP contribution in [-0.2, 0) is 17.8 Å². The van der Waals surface area contributed by atoms with Crippen molar-refractivity contribution in [2.45, 2.75) is 13.0 Å². The predicted molar refractivity (Wildman–Crippen MR) is 98.4 cm³/mol. The number of amides is 1. The number of para-hydroxylation sites is 1. The second-order valence-electron chi connectivity index (χ2n) is 6.27. The van der Waals surface area contributed by atoms with Gasteiger partial charge >= 0.3 is 0 Å². The summed E-state index contributed by atoms with van der Waals surface area (Å²) in [6.07, 6.45) is 0.887. The van der Waals surface area contributed by atoms with Crippen molar-refractivity contribution in [1.29, 1.82) is 0 Å². The van der Waals surface area contributed by atoms with E-state index in [1.165, 1.54) is 28.5 Å². The van der Waals surface area contributed by atoms with E-state index in [4.69, 9.17) is 0 Å². The van der Waals surface area contributed by atoms with Gasteiger partial charge in [-0.15, -0.1) is 0 Å². The van der Waals surface area contributed by atoms with E-state index >= 15 is 0 Å². The second kappa shape index (κ2) is 6.44. The van der Waals surface area contributed by atoms with E-state index < -0.39 is 0 Å². The van der Waals surface area contributed by atoms with E-state index in [-0.39, 0.29) is 18.3 Å². The van der Waals surface area contributed by atoms with Gasteiger partial charge in [0.05, 0.1) is 11.2 Å². The minimum Gasteiger partial charge on any atom is -0.342 e. The number of halogens is 1. The van der Waals surface area contributed by atoms with Crippen LogP contribution in [0.25, 0.3) is 10.2 Å². The first-order chi connectivity index (χ1) is 12.1. The number of anilines is 1. The number of aromatic nitrogens is 1. The normalized spacial score (nSPS) is 13.8. The number of hydrogen-bond acceptors (Lipinski definition) is 4. The van der Waals surface area contributed by atoms with Crippen molar-refractivity contribution in [3.63, 3.8) is 0 Å². The summed E-state index contributed by atoms with van der Waals surface area (Å²) in [5.74, 6) is -0.260. The van der Waals surface area contributed by atoms with Gasteiger partial charge < -0.3 is 9.80 Å². The van der Waals surface area contributed by atoms with Crippen LogP contribution in [0.5, 0.6) is 0 Å². The highest BCUT2D eigenvalue weighted by Gasteiger charge is 2.22. The standard InChI is InChI=1S/C19H18FN3OS/c1-22(19-21-18-15(20)7-4-8-16(18)25-19)12-17(24)23-10-9-13-5-2-3-6-14(13)11-23/h2-8H,9-12H2,1H3. The highest BCUT2D eigenvalue weighted by molar-refractivity contribution is 7.22. The fourth-order valence-corrected chi connectivity index (χ4v) is 4.09. The van der Waals surface area contributed by atoms with Gasteiger partial charge in [-0.25, -0.2) is 9.37 Å². The van der Waals surface area contributed by atoms with Gasteiger partial charge in [0.2, 0.25) is 5.91 Å². The largest absolute Gasteiger partial charge is 0.342 e. The molecule has 2 heterocycles. The Morgan fingerprint density at radius 2 is 2.04 bits per heavy atom. The third-order valence-corrected chi connectivity index (χ3v) is 5.68. The summed E-state index contributed by atoms with van der Waals surface area (Å²) in [4.78, 5) is 20.7. The predicted octanol–water partition coefficient (Wildman–Crippen LogP) is 3.46. The lowest BCUT2D eigenvalue weighted by Gasteiger charge is -2.30. The quantitative estimate of drug-likeness (QED) is 0.722. The summed E-state index contributed by atoms with van der Waals surface area (Å²) in [7, 11) is 1.82. The molecule has 128 valence electrons. The third kappa shape index (κ3) is 3.09. The van der Waals surface area contributed by atoms with E-state index in [2.05, 4.69) is 17.1 Å². The maximum atomic E-state index is 13.8. The molecule has 0 bridgehead atoms. The number of fused-ring (bicyclic) bond motifs is 2. The highest BCUT2D eigenvalue weighted by Crippen LogP contribution is 2.29. The van der Waals surface area contributed by atoms with Gasteiger partial charge in [0.1, 0.15) is 11.3 Å². The number of likely N-dealkylation sites (N-methyl/N-ethyl adjacent to an activating group) is 1. The molecular formula is C19H18FN3OS. The zero-order valence-corrected chi connectivity index (χ0v) is 14.7. The number of carbonyl (C=O) groups excluding carboxylic acids is 1. The van der Waals surface area contributed by atoms with Crippen LogP contribution >= 0.6 is 11.3 Å². The number of benzene rings is 2. The Kier molecular flexibility index (Phi) is 4.13. The molecule has 0 saturated carbocycles. The summed E-state index contributed by atoms with van der Waals surface area (Å²) < 4.78 is 14.6. The first-order valence-corrected chi connectivity index (χ1v) is 9.04. The van der Waals surface area contributed by atoms with Crippen molar-refractivity contribution >= 4 is 32.6 Å². The summed E-state index contributed by atoms with van der Waals surface area (Å²) in [5, 5.41) is 0.658. The molecule has 25 heavy (non-hydrogen) atoms. The van der Waals surface area contributed by atoms with Gasteiger partial charge in [0, 0.05) is 20.1 Å². The molecule has 0 unspecified atom stereocenters. The molecule has 0 fully saturated rings. The Labute approximate surface area is 149 Å². The highest BCUT2D eigenvalue weighted by atomic mass is 32.1. The minimum absolute atomic E-state index is 0.0664. The molecule has 0 radical (unpaired) electrons. The topological polar surface area (TPSA) is 36.4 Å². The Morgan fingerprint density at radius 3 is 2.84 bits per heavy atom. The van der Waals surface area contributed by atoms with Crippen LogP contribution in [0, 0.1) is 5.82 Å². The summed E-state index contributed by atoms with van der Waals surface area (Å²) >= 11 is 1.40. The monoisotopic (exact) mass is 355 g/mol. The van der Waals surface area contributed by atoms with Gasteiger partial charge in [0.15, 0.2) is 5.13 Å². The second-order valence-corrected chi connectivity index (χ2v) is 7.28. The fraction of sp³-hybridized carbons (Fsp3) is 0.263. The lowest BCUT2D eigenvalue weighted by Crippen LogP contribution is -2.41. The zero-order chi connectivity index (χ0) is 17.4. The molecule has 1 aliphatic rings. The Bertz CT molecular complexity index is 939. The fourth-order valence-electron chi connectivity index (χ4n) is 3.15. The van der Waals surface area contributed by atoms with Gasteiger partial charge in [-0.3, -0.25) is 4.79 Å². The van der Waals surface area contributed by atoms with Crippen LogP contribution < -0.4 is 4.90 Å². The van der Waals surface area contributed by atoms with E-state index in [0.717, 1.165) is 17.7 Å². The van der Waals surface area contributed by atoms with Crippen molar-refractivity contribution in [3.8, 4) is 0 Å². The van der Waals surface area contributed by atoms with Gasteiger partial charge in [-0.2, -0.15) is 0 Å². The molecule has 2 aromatic carbocycles. The van der Waals surface area contributed by atoms with Gasteiger partial charge in [-0.1, -0.05) is 41.7 Å². The first kappa shape index (κ1) is 16.0. The average Bonchev–Trinajstić information content (AvgIpc) is 3.07. The molecule has 0 saturated heterocycles. The van der Waals surface area contributed by atoms with Crippen LogP contribution in [-0.4, -0.2) is 35.9 Å². The maximum absolute atomic E-state index is 13.8. The number of hydrogen-bond donors (Lipinski definition) is 0. The molecule has 0 atom stereocenters. The van der Waals surface area contributed by atoms with E-state index in [0.29, 0.717) is 17.2 Å². The van der Waals surface area contributed by atoms with Gasteiger partial charge in [-0.05, 0) is 29.7 Å². The smallest absolute Gasteiger partial charge is 0.242 e. The van der Waals surface area contributed by atoms with Crippen LogP contribution in [0.1, 0.15) is 11.1 Å². The molecule has 6 heteroatoms. The summed E-state index contributed by atoms with van der Waals surface area (Å²) in [6.45, 7) is 1.62. The van der Waals surface area contributed by atoms with Crippen LogP contribution in [0.3, 0.4) is 0 Å². The molecule has 4 rings (SSSR count). The number of thiazole rings is 1. The Morgan fingerprint density at radius 1 is 1.24 bits per heavy atom. The van der Waals surface area contributed by atoms with E-state index in [1.807, 2.05) is 30.1 Å².